The third kappa shape index (κ3) is 5.64. The summed E-state index contributed by atoms with van der Waals surface area (Å²) in [7, 11) is 0. The van der Waals surface area contributed by atoms with Gasteiger partial charge in [0.1, 0.15) is 5.60 Å². The Kier molecular flexibility index (Phi) is 7.33. The lowest BCUT2D eigenvalue weighted by molar-refractivity contribution is -0.00131. The summed E-state index contributed by atoms with van der Waals surface area (Å²) >= 11 is 0. The smallest absolute Gasteiger partial charge is 0.253 e. The average Bonchev–Trinajstić information content (AvgIpc) is 2.90. The number of benzene rings is 2. The largest absolute Gasteiger partial charge is 0.467 e. The first-order valence-corrected chi connectivity index (χ1v) is 13.6. The van der Waals surface area contributed by atoms with E-state index in [1.807, 2.05) is 67.0 Å². The van der Waals surface area contributed by atoms with Gasteiger partial charge in [0, 0.05) is 69.5 Å². The highest BCUT2D eigenvalue weighted by Crippen LogP contribution is 2.27. The summed E-state index contributed by atoms with van der Waals surface area (Å²) in [5.74, 6) is 0.886. The molecule has 0 aliphatic carbocycles. The Morgan fingerprint density at radius 3 is 2.18 bits per heavy atom. The summed E-state index contributed by atoms with van der Waals surface area (Å²) in [5.41, 5.74) is 6.59. The van der Waals surface area contributed by atoms with Gasteiger partial charge in [-0.3, -0.25) is 14.5 Å². The van der Waals surface area contributed by atoms with Gasteiger partial charge in [0.15, 0.2) is 0 Å². The highest BCUT2D eigenvalue weighted by molar-refractivity contribution is 5.95. The number of carbonyl (C=O) groups is 2. The van der Waals surface area contributed by atoms with E-state index in [9.17, 15) is 9.59 Å². The Bertz CT molecular complexity index is 1230. The molecule has 5 rings (SSSR count). The van der Waals surface area contributed by atoms with E-state index in [1.54, 1.807) is 0 Å². The Hall–Kier alpha value is -3.54. The van der Waals surface area contributed by atoms with E-state index in [1.165, 1.54) is 11.1 Å². The van der Waals surface area contributed by atoms with Gasteiger partial charge < -0.3 is 19.4 Å². The summed E-state index contributed by atoms with van der Waals surface area (Å²) < 4.78 is 6.04. The van der Waals surface area contributed by atoms with Crippen molar-refractivity contribution in [1.29, 1.82) is 0 Å². The van der Waals surface area contributed by atoms with Crippen LogP contribution >= 0.6 is 0 Å². The van der Waals surface area contributed by atoms with Crippen LogP contribution in [0.1, 0.15) is 52.6 Å². The Morgan fingerprint density at radius 2 is 1.53 bits per heavy atom. The van der Waals surface area contributed by atoms with Crippen LogP contribution in [-0.4, -0.2) is 88.9 Å². The van der Waals surface area contributed by atoms with Crippen LogP contribution in [0.4, 0.5) is 0 Å². The number of likely N-dealkylation sites (tertiary alicyclic amines) is 1. The topological polar surface area (TPSA) is 56.3 Å². The normalized spacial score (nSPS) is 18.3. The van der Waals surface area contributed by atoms with Gasteiger partial charge in [-0.15, -0.1) is 0 Å². The van der Waals surface area contributed by atoms with Crippen molar-refractivity contribution >= 4 is 11.8 Å². The fourth-order valence-corrected chi connectivity index (χ4v) is 5.45. The molecule has 200 valence electrons. The molecule has 0 bridgehead atoms. The fourth-order valence-electron chi connectivity index (χ4n) is 5.45. The van der Waals surface area contributed by atoms with Crippen molar-refractivity contribution in [2.45, 2.75) is 45.4 Å². The molecule has 7 nitrogen and oxygen atoms in total. The van der Waals surface area contributed by atoms with E-state index >= 15 is 0 Å². The minimum Gasteiger partial charge on any atom is -0.467 e. The van der Waals surface area contributed by atoms with Crippen LogP contribution in [0.2, 0.25) is 0 Å². The first kappa shape index (κ1) is 26.1. The SMILES string of the molecule is C=C=C(OC(C)(C)C)N1CCc2cc(C(=O)N3CC(N4CCN(C(=O)c5ccccc5)CC4)C3)ccc2C1. The van der Waals surface area contributed by atoms with Crippen LogP contribution in [0, 0.1) is 0 Å². The average molecular weight is 515 g/mol. The predicted octanol–water partition coefficient (Wildman–Crippen LogP) is 3.77. The minimum atomic E-state index is -0.307. The van der Waals surface area contributed by atoms with Crippen LogP contribution in [0.25, 0.3) is 0 Å². The van der Waals surface area contributed by atoms with Gasteiger partial charge >= 0.3 is 0 Å². The molecule has 3 heterocycles. The zero-order valence-electron chi connectivity index (χ0n) is 22.8. The zero-order valence-corrected chi connectivity index (χ0v) is 22.8. The lowest BCUT2D eigenvalue weighted by Gasteiger charge is -2.48. The molecule has 3 aliphatic rings. The van der Waals surface area contributed by atoms with Crippen LogP contribution in [0.5, 0.6) is 0 Å². The second-order valence-corrected chi connectivity index (χ2v) is 11.4. The second kappa shape index (κ2) is 10.7. The maximum Gasteiger partial charge on any atom is 0.253 e. The monoisotopic (exact) mass is 514 g/mol. The van der Waals surface area contributed by atoms with E-state index in [-0.39, 0.29) is 17.4 Å². The van der Waals surface area contributed by atoms with Gasteiger partial charge in [-0.05, 0) is 62.6 Å². The Balaban J connectivity index is 1.12. The number of hydrogen-bond acceptors (Lipinski definition) is 5. The molecule has 7 heteroatoms. The number of rotatable bonds is 5. The minimum absolute atomic E-state index is 0.102. The molecular weight excluding hydrogens is 476 g/mol. The molecule has 2 amide bonds. The van der Waals surface area contributed by atoms with Gasteiger partial charge in [-0.2, -0.15) is 0 Å². The van der Waals surface area contributed by atoms with Crippen molar-refractivity contribution in [1.82, 2.24) is 19.6 Å². The summed E-state index contributed by atoms with van der Waals surface area (Å²) in [6, 6.07) is 15.9. The summed E-state index contributed by atoms with van der Waals surface area (Å²) in [6.45, 7) is 16.0. The number of carbonyl (C=O) groups excluding carboxylic acids is 2. The quantitative estimate of drug-likeness (QED) is 0.449. The van der Waals surface area contributed by atoms with Gasteiger partial charge in [0.25, 0.3) is 11.8 Å². The van der Waals surface area contributed by atoms with Crippen molar-refractivity contribution in [3.05, 3.63) is 89.0 Å². The van der Waals surface area contributed by atoms with E-state index in [2.05, 4.69) is 34.2 Å². The molecular formula is C31H38N4O3. The lowest BCUT2D eigenvalue weighted by Crippen LogP contribution is -2.64. The van der Waals surface area contributed by atoms with Crippen molar-refractivity contribution in [2.75, 3.05) is 45.8 Å². The van der Waals surface area contributed by atoms with E-state index in [0.29, 0.717) is 11.9 Å². The molecule has 3 aliphatic heterocycles. The number of hydrogen-bond donors (Lipinski definition) is 0. The van der Waals surface area contributed by atoms with Gasteiger partial charge in [0.05, 0.1) is 0 Å². The number of ether oxygens (including phenoxy) is 1. The Morgan fingerprint density at radius 1 is 0.842 bits per heavy atom. The first-order valence-electron chi connectivity index (χ1n) is 13.6. The first-order chi connectivity index (χ1) is 18.2. The van der Waals surface area contributed by atoms with E-state index in [4.69, 9.17) is 4.74 Å². The van der Waals surface area contributed by atoms with E-state index in [0.717, 1.165) is 69.9 Å². The predicted molar refractivity (Wildman–Crippen MR) is 148 cm³/mol. The molecule has 0 unspecified atom stereocenters. The molecule has 2 aromatic carbocycles. The highest BCUT2D eigenvalue weighted by atomic mass is 16.5. The molecule has 0 N–H and O–H groups in total. The number of fused-ring (bicyclic) bond motifs is 1. The fraction of sp³-hybridized carbons (Fsp3) is 0.452. The molecule has 2 aromatic rings. The maximum atomic E-state index is 13.2. The molecule has 38 heavy (non-hydrogen) atoms. The van der Waals surface area contributed by atoms with Crippen molar-refractivity contribution < 1.29 is 14.3 Å². The third-order valence-corrected chi connectivity index (χ3v) is 7.59. The number of nitrogens with zero attached hydrogens (tertiary/aromatic N) is 4. The van der Waals surface area contributed by atoms with Crippen molar-refractivity contribution in [2.24, 2.45) is 0 Å². The maximum absolute atomic E-state index is 13.2. The van der Waals surface area contributed by atoms with E-state index < -0.39 is 0 Å². The Labute approximate surface area is 226 Å². The molecule has 0 atom stereocenters. The lowest BCUT2D eigenvalue weighted by atomic mass is 9.96. The summed E-state index contributed by atoms with van der Waals surface area (Å²) in [5, 5.41) is 0. The molecule has 0 spiro atoms. The molecule has 0 aromatic heterocycles. The third-order valence-electron chi connectivity index (χ3n) is 7.59. The van der Waals surface area contributed by atoms with Crippen LogP contribution in [0.3, 0.4) is 0 Å². The number of amides is 2. The standard InChI is InChI=1S/C31H38N4O3/c1-5-28(38-31(2,3)4)34-14-13-24-19-25(11-12-26(24)20-34)30(37)35-21-27(22-35)32-15-17-33(18-16-32)29(36)23-9-7-6-8-10-23/h6-12,19,27H,1,13-18,20-22H2,2-4H3. The molecule has 2 fully saturated rings. The van der Waals surface area contributed by atoms with Crippen LogP contribution < -0.4 is 0 Å². The van der Waals surface area contributed by atoms with Crippen LogP contribution in [-0.2, 0) is 17.7 Å². The van der Waals surface area contributed by atoms with Crippen molar-refractivity contribution in [3.8, 4) is 0 Å². The molecule has 0 radical (unpaired) electrons. The van der Waals surface area contributed by atoms with Gasteiger partial charge in [-0.1, -0.05) is 36.6 Å². The summed E-state index contributed by atoms with van der Waals surface area (Å²) in [4.78, 5) is 34.4. The zero-order chi connectivity index (χ0) is 26.9. The van der Waals surface area contributed by atoms with Crippen LogP contribution in [0.15, 0.2) is 66.7 Å². The highest BCUT2D eigenvalue weighted by Gasteiger charge is 2.37. The molecule has 0 saturated carbocycles. The van der Waals surface area contributed by atoms with Gasteiger partial charge in [-0.25, -0.2) is 0 Å². The molecule has 2 saturated heterocycles. The number of piperazine rings is 1. The van der Waals surface area contributed by atoms with Crippen molar-refractivity contribution in [3.63, 3.8) is 0 Å². The summed E-state index contributed by atoms with van der Waals surface area (Å²) in [6.07, 6.45) is 0.851. The second-order valence-electron chi connectivity index (χ2n) is 11.4. The van der Waals surface area contributed by atoms with Gasteiger partial charge in [0.2, 0.25) is 5.88 Å².